The molecule has 0 radical (unpaired) electrons. The number of aliphatic hydroxyl groups excluding tert-OH is 1. The maximum absolute atomic E-state index is 14.2. The van der Waals surface area contributed by atoms with Gasteiger partial charge >= 0.3 is 6.03 Å². The molecule has 6 aromatic carbocycles. The summed E-state index contributed by atoms with van der Waals surface area (Å²) >= 11 is 2.48. The van der Waals surface area contributed by atoms with Crippen molar-refractivity contribution in [1.82, 2.24) is 66.1 Å². The lowest BCUT2D eigenvalue weighted by Crippen LogP contribution is -2.56. The highest BCUT2D eigenvalue weighted by Crippen LogP contribution is 2.45. The summed E-state index contributed by atoms with van der Waals surface area (Å²) in [6, 6.07) is 49.0. The number of carbonyl (C=O) groups is 9. The van der Waals surface area contributed by atoms with Gasteiger partial charge in [-0.1, -0.05) is 138 Å². The topological polar surface area (TPSA) is 363 Å². The highest BCUT2D eigenvalue weighted by Gasteiger charge is 2.45. The number of fused-ring (bicyclic) bond motifs is 2. The highest BCUT2D eigenvalue weighted by molar-refractivity contribution is 8.08. The van der Waals surface area contributed by atoms with Crippen LogP contribution in [0.25, 0.3) is 32.9 Å². The number of benzene rings is 6. The van der Waals surface area contributed by atoms with E-state index in [2.05, 4.69) is 71.5 Å². The number of ether oxygens (including phenoxy) is 4. The lowest BCUT2D eigenvalue weighted by Gasteiger charge is -2.45. The number of aromatic nitrogens is 4. The van der Waals surface area contributed by atoms with E-state index in [0.717, 1.165) is 112 Å². The molecule has 14 rings (SSSR count). The minimum atomic E-state index is -1.28. The molecule has 7 heterocycles. The van der Waals surface area contributed by atoms with Crippen LogP contribution in [0.4, 0.5) is 16.4 Å². The van der Waals surface area contributed by atoms with Gasteiger partial charge < -0.3 is 75.3 Å². The average Bonchev–Trinajstić information content (AvgIpc) is 1.69. The number of aliphatic hydroxyl groups is 1. The first kappa shape index (κ1) is 87.3. The number of hydrogen-bond acceptors (Lipinski definition) is 22. The zero-order chi connectivity index (χ0) is 86.0. The molecule has 4 fully saturated rings. The average molecular weight is 1710 g/mol. The lowest BCUT2D eigenvalue weighted by atomic mass is 9.87. The van der Waals surface area contributed by atoms with Crippen molar-refractivity contribution in [3.05, 3.63) is 219 Å². The van der Waals surface area contributed by atoms with Crippen molar-refractivity contribution in [3.8, 4) is 28.7 Å². The number of amides is 10. The number of urea groups is 1. The summed E-state index contributed by atoms with van der Waals surface area (Å²) in [5.41, 5.74) is 4.46. The molecule has 1 saturated carbocycles. The highest BCUT2D eigenvalue weighted by atomic mass is 32.2. The number of rotatable bonds is 37. The number of likely N-dealkylation sites (tertiary alicyclic amines) is 1. The van der Waals surface area contributed by atoms with Crippen molar-refractivity contribution >= 4 is 110 Å². The Kier molecular flexibility index (Phi) is 28.9. The number of aryl methyl sites for hydroxylation is 1. The number of nitrogens with one attached hydrogen (secondary N) is 7. The van der Waals surface area contributed by atoms with E-state index >= 15 is 0 Å². The number of carbonyl (C=O) groups excluding carboxylic acids is 9. The van der Waals surface area contributed by atoms with Gasteiger partial charge in [0.2, 0.25) is 41.4 Å². The van der Waals surface area contributed by atoms with Crippen LogP contribution in [0.3, 0.4) is 0 Å². The Balaban J connectivity index is 0.502. The Morgan fingerprint density at radius 1 is 0.675 bits per heavy atom. The molecular weight excluding hydrogens is 1610 g/mol. The van der Waals surface area contributed by atoms with Gasteiger partial charge in [0.15, 0.2) is 5.60 Å². The number of nitrogens with zero attached hydrogens (tertiary/aromatic N) is 8. The minimum Gasteiger partial charge on any atom is -0.495 e. The molecule has 0 spiro atoms. The zero-order valence-corrected chi connectivity index (χ0v) is 70.3. The number of pyridine rings is 1. The summed E-state index contributed by atoms with van der Waals surface area (Å²) in [7, 11) is 3.22. The van der Waals surface area contributed by atoms with Gasteiger partial charge in [0, 0.05) is 115 Å². The fourth-order valence-corrected chi connectivity index (χ4v) is 17.5. The van der Waals surface area contributed by atoms with Crippen LogP contribution in [0, 0.1) is 11.8 Å². The molecular formula is C91H99N15O15S2. The molecule has 1 aliphatic carbocycles. The quantitative estimate of drug-likeness (QED) is 0.0108. The van der Waals surface area contributed by atoms with E-state index in [1.54, 1.807) is 66.3 Å². The second kappa shape index (κ2) is 40.7. The van der Waals surface area contributed by atoms with Crippen molar-refractivity contribution in [2.45, 2.75) is 104 Å². The fourth-order valence-electron chi connectivity index (χ4n) is 15.4. The zero-order valence-electron chi connectivity index (χ0n) is 68.7. The number of H-pyrrole nitrogens is 1. The summed E-state index contributed by atoms with van der Waals surface area (Å²) in [5, 5.41) is 29.5. The summed E-state index contributed by atoms with van der Waals surface area (Å²) in [6.07, 6.45) is 8.82. The number of anilines is 2. The summed E-state index contributed by atoms with van der Waals surface area (Å²) in [6.45, 7) is 3.74. The molecule has 5 aliphatic rings. The molecule has 8 N–H and O–H groups in total. The SMILES string of the molecule is COc1ccc(C#CCNC2(C)CCN(C3CCN(c4nc([C@@](CO)(OC5CC5)c5ccccc5)c5cc(-c6cn(C)c(=O)c7[nH]ccc67)ccc5n4)CC3)CC2)cc1N1CCC(=O)N(CNC(=O)CNC(=O)[C@H](Cc2ccccc2)NC(=O)CNC(=O)CNC(=O)CCOCCOCCN2C(=O)C(Sc3ccccc3)=C(Sc3ccccc3)C2=O)C1=O. The molecule has 123 heavy (non-hydrogen) atoms. The van der Waals surface area contributed by atoms with Crippen LogP contribution in [0.5, 0.6) is 5.75 Å². The monoisotopic (exact) mass is 1710 g/mol. The van der Waals surface area contributed by atoms with E-state index in [1.807, 2.05) is 115 Å². The van der Waals surface area contributed by atoms with Gasteiger partial charge in [0.05, 0.1) is 106 Å². The summed E-state index contributed by atoms with van der Waals surface area (Å²) in [5.74, 6) is 2.70. The van der Waals surface area contributed by atoms with E-state index in [0.29, 0.717) is 62.1 Å². The number of aromatic amines is 1. The number of methoxy groups -OCH3 is 1. The van der Waals surface area contributed by atoms with Crippen molar-refractivity contribution in [2.24, 2.45) is 7.05 Å². The Morgan fingerprint density at radius 3 is 1.99 bits per heavy atom. The fraction of sp³-hybridized carbons (Fsp3) is 0.363. The largest absolute Gasteiger partial charge is 0.495 e. The van der Waals surface area contributed by atoms with E-state index in [1.165, 1.54) is 40.4 Å². The molecule has 10 amide bonds. The number of thioether (sulfide) groups is 2. The third-order valence-electron chi connectivity index (χ3n) is 22.4. The second-order valence-corrected chi connectivity index (χ2v) is 33.1. The summed E-state index contributed by atoms with van der Waals surface area (Å²) in [4.78, 5) is 158. The smallest absolute Gasteiger partial charge is 0.332 e. The predicted molar refractivity (Wildman–Crippen MR) is 466 cm³/mol. The number of piperidine rings is 2. The standard InChI is InChI=1S/C91H99N15O15S2/c1-90(37-44-102(45-38-90)64-33-41-103(42-34-64)88-99-71-30-27-62(70-57-101(2)85(114)80-68(70)32-40-92-80)53-69(71)83(100-88)91(58-107,121-65-28-29-65)63-20-10-5-11-21-63)97-39-16-19-61-26-31-74(118-3)73(52-61)104-43-35-79(112)106(89(104)117)59-96-77(110)55-95-84(113)72(51-60-17-8-4-9-18-60)98-78(111)56-94-76(109)54-93-75(108)36-47-119-49-50-120-48-46-105-86(115)81(122-66-22-12-6-13-23-66)82(87(105)116)123-67-24-14-7-15-25-67/h4-15,17-18,20-27,30-32,40,52-53,57,64-65,72,92,97,107H,28-29,33-39,41-51,54-56,58-59H2,1-3H3,(H,93,108)(H,94,109)(H,95,113)(H,96,110)(H,98,111)/t72-,91-/m0/s1. The number of hydrogen-bond donors (Lipinski definition) is 8. The van der Waals surface area contributed by atoms with Gasteiger partial charge in [-0.05, 0) is 123 Å². The first-order valence-electron chi connectivity index (χ1n) is 41.2. The normalized spacial score (nSPS) is 16.5. The van der Waals surface area contributed by atoms with Gasteiger partial charge in [-0.2, -0.15) is 0 Å². The molecule has 32 heteroatoms. The molecule has 9 aromatic rings. The summed E-state index contributed by atoms with van der Waals surface area (Å²) < 4.78 is 25.4. The maximum Gasteiger partial charge on any atom is 0.332 e. The van der Waals surface area contributed by atoms with Crippen molar-refractivity contribution in [1.29, 1.82) is 0 Å². The van der Waals surface area contributed by atoms with E-state index in [9.17, 15) is 53.1 Å². The molecule has 640 valence electrons. The van der Waals surface area contributed by atoms with Crippen LogP contribution in [0.2, 0.25) is 0 Å². The first-order valence-corrected chi connectivity index (χ1v) is 42.9. The Labute approximate surface area is 719 Å². The number of imide groups is 2. The van der Waals surface area contributed by atoms with E-state index in [4.69, 9.17) is 28.9 Å². The molecule has 4 aliphatic heterocycles. The van der Waals surface area contributed by atoms with Crippen LogP contribution in [0.1, 0.15) is 80.7 Å². The van der Waals surface area contributed by atoms with Crippen LogP contribution in [0.15, 0.2) is 201 Å². The van der Waals surface area contributed by atoms with Gasteiger partial charge in [0.1, 0.15) is 24.0 Å². The van der Waals surface area contributed by atoms with Crippen LogP contribution in [-0.2, 0) is 71.6 Å². The lowest BCUT2D eigenvalue weighted by molar-refractivity contribution is -0.138. The molecule has 30 nitrogen and oxygen atoms in total. The predicted octanol–water partition coefficient (Wildman–Crippen LogP) is 7.26. The molecule has 3 aromatic heterocycles. The third kappa shape index (κ3) is 21.7. The van der Waals surface area contributed by atoms with Gasteiger partial charge in [-0.15, -0.1) is 0 Å². The van der Waals surface area contributed by atoms with Crippen molar-refractivity contribution in [2.75, 3.05) is 122 Å². The van der Waals surface area contributed by atoms with Crippen LogP contribution in [-0.4, -0.2) is 229 Å². The molecule has 3 saturated heterocycles. The first-order chi connectivity index (χ1) is 59.7. The van der Waals surface area contributed by atoms with E-state index in [-0.39, 0.29) is 82.6 Å². The molecule has 0 unspecified atom stereocenters. The maximum atomic E-state index is 14.2. The third-order valence-corrected chi connectivity index (χ3v) is 24.7. The Bertz CT molecular complexity index is 5450. The van der Waals surface area contributed by atoms with Crippen LogP contribution < -0.4 is 52.0 Å². The van der Waals surface area contributed by atoms with Crippen LogP contribution >= 0.6 is 23.5 Å². The van der Waals surface area contributed by atoms with Crippen molar-refractivity contribution in [3.63, 3.8) is 0 Å². The van der Waals surface area contributed by atoms with E-state index < -0.39 is 91.2 Å². The minimum absolute atomic E-state index is 0.00467. The van der Waals surface area contributed by atoms with Crippen molar-refractivity contribution < 1.29 is 67.2 Å². The van der Waals surface area contributed by atoms with Gasteiger partial charge in [0.25, 0.3) is 17.4 Å². The molecule has 0 bridgehead atoms. The Morgan fingerprint density at radius 2 is 1.32 bits per heavy atom. The Hall–Kier alpha value is -12.1. The van der Waals surface area contributed by atoms with Gasteiger partial charge in [-0.3, -0.25) is 53.0 Å². The second-order valence-electron chi connectivity index (χ2n) is 30.9. The van der Waals surface area contributed by atoms with Gasteiger partial charge in [-0.25, -0.2) is 19.7 Å². The molecule has 2 atom stereocenters.